The zero-order valence-electron chi connectivity index (χ0n) is 16.1. The zero-order chi connectivity index (χ0) is 18.7. The van der Waals surface area contributed by atoms with Gasteiger partial charge in [0.2, 0.25) is 0 Å². The molecule has 0 saturated carbocycles. The van der Waals surface area contributed by atoms with Gasteiger partial charge in [-0.1, -0.05) is 24.3 Å². The Balaban J connectivity index is 1.44. The molecular weight excluding hydrogens is 340 g/mol. The van der Waals surface area contributed by atoms with Crippen LogP contribution in [0.3, 0.4) is 0 Å². The molecule has 2 N–H and O–H groups in total. The van der Waals surface area contributed by atoms with Crippen LogP contribution in [0, 0.1) is 0 Å². The van der Waals surface area contributed by atoms with Crippen LogP contribution in [-0.4, -0.2) is 50.0 Å². The lowest BCUT2D eigenvalue weighted by atomic mass is 10.1. The number of fused-ring (bicyclic) bond motifs is 1. The first-order chi connectivity index (χ1) is 13.4. The van der Waals surface area contributed by atoms with E-state index >= 15 is 0 Å². The fraction of sp³-hybridized carbons (Fsp3) is 0.524. The van der Waals surface area contributed by atoms with Crippen LogP contribution in [0.25, 0.3) is 10.9 Å². The minimum atomic E-state index is 0.297. The van der Waals surface area contributed by atoms with Crippen molar-refractivity contribution in [3.63, 3.8) is 0 Å². The van der Waals surface area contributed by atoms with Crippen LogP contribution in [0.15, 0.2) is 41.5 Å². The fourth-order valence-electron chi connectivity index (χ4n) is 3.17. The number of guanidine groups is 1. The average Bonchev–Trinajstić information content (AvgIpc) is 3.22. The highest BCUT2D eigenvalue weighted by Gasteiger charge is 2.14. The van der Waals surface area contributed by atoms with Crippen molar-refractivity contribution in [1.82, 2.24) is 15.6 Å². The van der Waals surface area contributed by atoms with Gasteiger partial charge in [0.15, 0.2) is 5.96 Å². The summed E-state index contributed by atoms with van der Waals surface area (Å²) in [5.41, 5.74) is 2.15. The molecule has 0 aliphatic carbocycles. The van der Waals surface area contributed by atoms with Gasteiger partial charge in [-0.25, -0.2) is 4.99 Å². The van der Waals surface area contributed by atoms with E-state index in [1.54, 1.807) is 0 Å². The predicted molar refractivity (Wildman–Crippen MR) is 109 cm³/mol. The van der Waals surface area contributed by atoms with Gasteiger partial charge in [0.1, 0.15) is 0 Å². The topological polar surface area (TPSA) is 67.8 Å². The first-order valence-corrected chi connectivity index (χ1v) is 9.91. The summed E-state index contributed by atoms with van der Waals surface area (Å²) >= 11 is 0. The van der Waals surface area contributed by atoms with Crippen molar-refractivity contribution in [3.05, 3.63) is 42.1 Å². The third kappa shape index (κ3) is 6.19. The smallest absolute Gasteiger partial charge is 0.191 e. The molecule has 1 aliphatic heterocycles. The number of benzene rings is 1. The number of aromatic nitrogens is 1. The maximum Gasteiger partial charge on any atom is 0.191 e. The second kappa shape index (κ2) is 10.8. The summed E-state index contributed by atoms with van der Waals surface area (Å²) in [7, 11) is 0. The number of rotatable bonds is 9. The molecule has 1 aromatic carbocycles. The highest BCUT2D eigenvalue weighted by molar-refractivity contribution is 5.83. The van der Waals surface area contributed by atoms with Crippen molar-refractivity contribution in [2.75, 3.05) is 32.9 Å². The molecule has 6 nitrogen and oxygen atoms in total. The number of nitrogens with zero attached hydrogens (tertiary/aromatic N) is 2. The fourth-order valence-corrected chi connectivity index (χ4v) is 3.17. The summed E-state index contributed by atoms with van der Waals surface area (Å²) in [6, 6.07) is 10.3. The van der Waals surface area contributed by atoms with E-state index in [0.717, 1.165) is 68.0 Å². The summed E-state index contributed by atoms with van der Waals surface area (Å²) < 4.78 is 11.3. The summed E-state index contributed by atoms with van der Waals surface area (Å²) in [6.45, 7) is 6.65. The van der Waals surface area contributed by atoms with E-state index in [-0.39, 0.29) is 0 Å². The van der Waals surface area contributed by atoms with Gasteiger partial charge in [0.05, 0.1) is 24.8 Å². The summed E-state index contributed by atoms with van der Waals surface area (Å²) in [5, 5.41) is 7.81. The van der Waals surface area contributed by atoms with E-state index in [1.807, 2.05) is 12.3 Å². The molecule has 0 bridgehead atoms. The summed E-state index contributed by atoms with van der Waals surface area (Å²) in [6.07, 6.45) is 5.34. The van der Waals surface area contributed by atoms with Crippen molar-refractivity contribution in [2.24, 2.45) is 4.99 Å². The Kier molecular flexibility index (Phi) is 7.86. The maximum absolute atomic E-state index is 5.70. The quantitative estimate of drug-likeness (QED) is 0.404. The minimum absolute atomic E-state index is 0.297. The zero-order valence-corrected chi connectivity index (χ0v) is 16.1. The molecule has 27 heavy (non-hydrogen) atoms. The lowest BCUT2D eigenvalue weighted by Crippen LogP contribution is -2.38. The van der Waals surface area contributed by atoms with Crippen LogP contribution >= 0.6 is 0 Å². The van der Waals surface area contributed by atoms with Crippen molar-refractivity contribution in [2.45, 2.75) is 38.8 Å². The van der Waals surface area contributed by atoms with Gasteiger partial charge < -0.3 is 20.1 Å². The largest absolute Gasteiger partial charge is 0.379 e. The lowest BCUT2D eigenvalue weighted by molar-refractivity contribution is 0.0168. The minimum Gasteiger partial charge on any atom is -0.379 e. The number of pyridine rings is 1. The molecule has 2 heterocycles. The molecule has 2 aromatic rings. The predicted octanol–water partition coefficient (Wildman–Crippen LogP) is 2.88. The van der Waals surface area contributed by atoms with E-state index in [1.165, 1.54) is 0 Å². The normalized spacial score (nSPS) is 17.4. The van der Waals surface area contributed by atoms with Gasteiger partial charge in [0, 0.05) is 37.9 Å². The second-order valence-electron chi connectivity index (χ2n) is 6.68. The molecule has 0 radical (unpaired) electrons. The molecule has 1 unspecified atom stereocenters. The molecule has 6 heteroatoms. The molecule has 0 spiro atoms. The van der Waals surface area contributed by atoms with E-state index in [0.29, 0.717) is 19.3 Å². The molecule has 1 atom stereocenters. The van der Waals surface area contributed by atoms with E-state index < -0.39 is 0 Å². The number of nitrogens with one attached hydrogen (secondary N) is 2. The van der Waals surface area contributed by atoms with Crippen LogP contribution in [0.5, 0.6) is 0 Å². The van der Waals surface area contributed by atoms with E-state index in [4.69, 9.17) is 14.5 Å². The van der Waals surface area contributed by atoms with Crippen molar-refractivity contribution in [1.29, 1.82) is 0 Å². The Labute approximate surface area is 161 Å². The number of ether oxygens (including phenoxy) is 2. The van der Waals surface area contributed by atoms with Crippen LogP contribution in [0.4, 0.5) is 0 Å². The third-order valence-corrected chi connectivity index (χ3v) is 4.55. The lowest BCUT2D eigenvalue weighted by Gasteiger charge is -2.13. The molecule has 1 aliphatic rings. The van der Waals surface area contributed by atoms with Gasteiger partial charge in [-0.15, -0.1) is 0 Å². The first-order valence-electron chi connectivity index (χ1n) is 9.91. The number of para-hydroxylation sites is 1. The molecule has 1 saturated heterocycles. The Bertz CT molecular complexity index is 724. The van der Waals surface area contributed by atoms with Crippen LogP contribution in [-0.2, 0) is 16.0 Å². The van der Waals surface area contributed by atoms with Crippen LogP contribution in [0.2, 0.25) is 0 Å². The molecule has 1 fully saturated rings. The number of hydrogen-bond donors (Lipinski definition) is 2. The summed E-state index contributed by atoms with van der Waals surface area (Å²) in [5.74, 6) is 0.824. The first kappa shape index (κ1) is 19.6. The Hall–Kier alpha value is -2.18. The molecule has 146 valence electrons. The van der Waals surface area contributed by atoms with Gasteiger partial charge in [-0.3, -0.25) is 4.98 Å². The maximum atomic E-state index is 5.70. The van der Waals surface area contributed by atoms with Gasteiger partial charge in [-0.05, 0) is 37.8 Å². The van der Waals surface area contributed by atoms with Gasteiger partial charge in [-0.2, -0.15) is 0 Å². The van der Waals surface area contributed by atoms with Crippen molar-refractivity contribution >= 4 is 16.9 Å². The summed E-state index contributed by atoms with van der Waals surface area (Å²) in [4.78, 5) is 9.21. The van der Waals surface area contributed by atoms with Crippen LogP contribution in [0.1, 0.15) is 31.7 Å². The molecular formula is C21H30N4O2. The van der Waals surface area contributed by atoms with Crippen LogP contribution < -0.4 is 10.6 Å². The third-order valence-electron chi connectivity index (χ3n) is 4.55. The van der Waals surface area contributed by atoms with Crippen molar-refractivity contribution in [3.8, 4) is 0 Å². The number of aliphatic imine (C=N–C) groups is 1. The Morgan fingerprint density at radius 1 is 1.30 bits per heavy atom. The van der Waals surface area contributed by atoms with Gasteiger partial charge in [0.25, 0.3) is 0 Å². The SMILES string of the molecule is CCNC(=NCc1cccc2cccnc12)NCCCOCC1CCCO1. The standard InChI is InChI=1S/C21H30N4O2/c1-2-22-21(24-12-6-13-26-16-19-10-5-14-27-19)25-15-18-8-3-7-17-9-4-11-23-20(17)18/h3-4,7-9,11,19H,2,5-6,10,12-16H2,1H3,(H2,22,24,25). The monoisotopic (exact) mass is 370 g/mol. The van der Waals surface area contributed by atoms with E-state index in [2.05, 4.69) is 46.8 Å². The second-order valence-corrected chi connectivity index (χ2v) is 6.68. The van der Waals surface area contributed by atoms with Crippen molar-refractivity contribution < 1.29 is 9.47 Å². The Morgan fingerprint density at radius 3 is 3.07 bits per heavy atom. The Morgan fingerprint density at radius 2 is 2.22 bits per heavy atom. The van der Waals surface area contributed by atoms with Gasteiger partial charge >= 0.3 is 0 Å². The highest BCUT2D eigenvalue weighted by Crippen LogP contribution is 2.16. The molecule has 1 aromatic heterocycles. The highest BCUT2D eigenvalue weighted by atomic mass is 16.5. The number of hydrogen-bond acceptors (Lipinski definition) is 4. The molecule has 3 rings (SSSR count). The average molecular weight is 370 g/mol. The molecule has 0 amide bonds. The van der Waals surface area contributed by atoms with E-state index in [9.17, 15) is 0 Å².